The fraction of sp³-hybridized carbons (Fsp3) is 0.500. The minimum Gasteiger partial charge on any atom is -0.352 e. The molecule has 186 valence electrons. The Labute approximate surface area is 219 Å². The molecular weight excluding hydrogens is 524 g/mol. The molecule has 1 aromatic carbocycles. The van der Waals surface area contributed by atoms with Crippen LogP contribution in [0.3, 0.4) is 0 Å². The number of urea groups is 1. The fourth-order valence-corrected chi connectivity index (χ4v) is 6.56. The van der Waals surface area contributed by atoms with Gasteiger partial charge in [0.2, 0.25) is 0 Å². The van der Waals surface area contributed by atoms with Gasteiger partial charge >= 0.3 is 6.03 Å². The number of anilines is 2. The summed E-state index contributed by atoms with van der Waals surface area (Å²) >= 11 is 5.36. The number of aromatic nitrogens is 2. The third-order valence-electron chi connectivity index (χ3n) is 6.83. The van der Waals surface area contributed by atoms with Crippen molar-refractivity contribution < 1.29 is 4.79 Å². The Hall–Kier alpha value is -2.23. The van der Waals surface area contributed by atoms with Crippen molar-refractivity contribution in [3.8, 4) is 0 Å². The molecule has 4 heterocycles. The van der Waals surface area contributed by atoms with Gasteiger partial charge in [0, 0.05) is 55.0 Å². The lowest BCUT2D eigenvalue weighted by Gasteiger charge is -2.36. The number of rotatable bonds is 5. The van der Waals surface area contributed by atoms with E-state index in [0.29, 0.717) is 19.0 Å². The molecule has 3 aromatic rings. The van der Waals surface area contributed by atoms with E-state index in [9.17, 15) is 4.79 Å². The molecule has 0 aliphatic carbocycles. The zero-order valence-corrected chi connectivity index (χ0v) is 23.1. The smallest absolute Gasteiger partial charge is 0.321 e. The molecule has 35 heavy (non-hydrogen) atoms. The lowest BCUT2D eigenvalue weighted by molar-refractivity contribution is 0.208. The summed E-state index contributed by atoms with van der Waals surface area (Å²) in [5, 5.41) is 4.28. The molecule has 1 saturated heterocycles. The van der Waals surface area contributed by atoms with E-state index in [4.69, 9.17) is 9.97 Å². The van der Waals surface area contributed by atoms with Crippen LogP contribution in [0.1, 0.15) is 37.0 Å². The van der Waals surface area contributed by atoms with Crippen molar-refractivity contribution in [3.05, 3.63) is 45.0 Å². The van der Waals surface area contributed by atoms with Crippen molar-refractivity contribution >= 4 is 55.0 Å². The van der Waals surface area contributed by atoms with E-state index in [0.717, 1.165) is 72.2 Å². The zero-order chi connectivity index (χ0) is 24.5. The number of nitrogens with one attached hydrogen (secondary N) is 1. The van der Waals surface area contributed by atoms with E-state index in [1.807, 2.05) is 40.5 Å². The van der Waals surface area contributed by atoms with E-state index < -0.39 is 0 Å². The van der Waals surface area contributed by atoms with E-state index in [1.54, 1.807) is 0 Å². The van der Waals surface area contributed by atoms with Gasteiger partial charge in [-0.3, -0.25) is 4.90 Å². The number of thiophene rings is 1. The van der Waals surface area contributed by atoms with Crippen molar-refractivity contribution in [1.29, 1.82) is 0 Å². The molecule has 1 N–H and O–H groups in total. The highest BCUT2D eigenvalue weighted by Gasteiger charge is 2.29. The van der Waals surface area contributed by atoms with Crippen molar-refractivity contribution in [2.24, 2.45) is 5.92 Å². The van der Waals surface area contributed by atoms with Crippen LogP contribution in [0.15, 0.2) is 28.7 Å². The first-order valence-corrected chi connectivity index (χ1v) is 14.1. The molecule has 0 saturated carbocycles. The van der Waals surface area contributed by atoms with Crippen LogP contribution in [0, 0.1) is 5.92 Å². The summed E-state index contributed by atoms with van der Waals surface area (Å²) in [6.45, 7) is 12.7. The number of carbonyl (C=O) groups excluding carboxylic acids is 1. The second-order valence-corrected chi connectivity index (χ2v) is 11.7. The molecule has 2 aromatic heterocycles. The van der Waals surface area contributed by atoms with Crippen molar-refractivity contribution in [3.63, 3.8) is 0 Å². The molecule has 0 unspecified atom stereocenters. The van der Waals surface area contributed by atoms with E-state index in [1.165, 1.54) is 15.8 Å². The molecule has 2 aliphatic rings. The minimum absolute atomic E-state index is 0.0579. The van der Waals surface area contributed by atoms with Gasteiger partial charge in [-0.15, -0.1) is 11.3 Å². The van der Waals surface area contributed by atoms with Gasteiger partial charge in [0.05, 0.1) is 11.1 Å². The van der Waals surface area contributed by atoms with Gasteiger partial charge in [0.1, 0.15) is 16.5 Å². The summed E-state index contributed by atoms with van der Waals surface area (Å²) in [6.07, 6.45) is 1.93. The topological polar surface area (TPSA) is 64.6 Å². The van der Waals surface area contributed by atoms with Crippen LogP contribution >= 0.6 is 27.3 Å². The Balaban J connectivity index is 1.38. The molecule has 2 aliphatic heterocycles. The summed E-state index contributed by atoms with van der Waals surface area (Å²) < 4.78 is 0.886. The van der Waals surface area contributed by atoms with E-state index in [2.05, 4.69) is 51.8 Å². The zero-order valence-electron chi connectivity index (χ0n) is 20.7. The van der Waals surface area contributed by atoms with Crippen LogP contribution in [0.5, 0.6) is 0 Å². The Morgan fingerprint density at radius 2 is 1.91 bits per heavy atom. The second-order valence-electron chi connectivity index (χ2n) is 9.75. The van der Waals surface area contributed by atoms with E-state index >= 15 is 0 Å². The van der Waals surface area contributed by atoms with Gasteiger partial charge in [-0.2, -0.15) is 0 Å². The van der Waals surface area contributed by atoms with E-state index in [-0.39, 0.29) is 6.03 Å². The third kappa shape index (κ3) is 5.17. The Morgan fingerprint density at radius 3 is 2.63 bits per heavy atom. The number of halogens is 1. The Kier molecular flexibility index (Phi) is 7.27. The number of hydrogen-bond acceptors (Lipinski definition) is 6. The van der Waals surface area contributed by atoms with Crippen LogP contribution < -0.4 is 10.2 Å². The van der Waals surface area contributed by atoms with Gasteiger partial charge < -0.3 is 15.1 Å². The van der Waals surface area contributed by atoms with Crippen LogP contribution in [0.25, 0.3) is 10.2 Å². The maximum absolute atomic E-state index is 12.9. The van der Waals surface area contributed by atoms with Gasteiger partial charge in [0.25, 0.3) is 0 Å². The summed E-state index contributed by atoms with van der Waals surface area (Å²) in [5.41, 5.74) is 2.23. The molecule has 0 radical (unpaired) electrons. The van der Waals surface area contributed by atoms with Gasteiger partial charge in [-0.25, -0.2) is 14.8 Å². The number of benzene rings is 1. The number of piperazine rings is 1. The number of likely N-dealkylation sites (N-methyl/N-ethyl adjacent to an activating group) is 1. The van der Waals surface area contributed by atoms with Gasteiger partial charge in [-0.1, -0.05) is 32.9 Å². The predicted molar refractivity (Wildman–Crippen MR) is 148 cm³/mol. The van der Waals surface area contributed by atoms with Crippen LogP contribution in [-0.2, 0) is 19.4 Å². The number of para-hydroxylation sites is 1. The van der Waals surface area contributed by atoms with Crippen molar-refractivity contribution in [2.45, 2.75) is 40.2 Å². The number of carbonyl (C=O) groups is 1. The van der Waals surface area contributed by atoms with Crippen LogP contribution in [0.2, 0.25) is 0 Å². The number of nitrogens with zero attached hydrogens (tertiary/aromatic N) is 5. The van der Waals surface area contributed by atoms with Gasteiger partial charge in [0.15, 0.2) is 0 Å². The normalized spacial score (nSPS) is 16.7. The molecule has 0 bridgehead atoms. The maximum atomic E-state index is 12.9. The van der Waals surface area contributed by atoms with Crippen molar-refractivity contribution in [1.82, 2.24) is 19.8 Å². The summed E-state index contributed by atoms with van der Waals surface area (Å²) in [6, 6.07) is 7.65. The van der Waals surface area contributed by atoms with Crippen LogP contribution in [0.4, 0.5) is 16.3 Å². The lowest BCUT2D eigenvalue weighted by atomic mass is 10.0. The number of fused-ring (bicyclic) bond motifs is 3. The average Bonchev–Trinajstić information content (AvgIpc) is 3.22. The largest absolute Gasteiger partial charge is 0.352 e. The number of hydrogen-bond donors (Lipinski definition) is 1. The average molecular weight is 558 g/mol. The summed E-state index contributed by atoms with van der Waals surface area (Å²) in [5.74, 6) is 2.50. The monoisotopic (exact) mass is 556 g/mol. The maximum Gasteiger partial charge on any atom is 0.321 e. The predicted octanol–water partition coefficient (Wildman–Crippen LogP) is 5.38. The molecule has 2 amide bonds. The number of amides is 2. The molecule has 5 rings (SSSR count). The molecule has 0 atom stereocenters. The van der Waals surface area contributed by atoms with Crippen molar-refractivity contribution in [2.75, 3.05) is 49.5 Å². The fourth-order valence-electron chi connectivity index (χ4n) is 4.91. The quantitative estimate of drug-likeness (QED) is 0.456. The molecule has 0 spiro atoms. The van der Waals surface area contributed by atoms with Gasteiger partial charge in [-0.05, 0) is 52.5 Å². The first-order chi connectivity index (χ1) is 16.9. The third-order valence-corrected chi connectivity index (χ3v) is 8.63. The highest BCUT2D eigenvalue weighted by Crippen LogP contribution is 2.39. The molecule has 9 heteroatoms. The SMILES string of the molecule is CCN1CCc2c(sc3nc(CC(C)C)nc(N4CCN(C(=O)Nc5ccccc5Br)CC4)c23)C1. The minimum atomic E-state index is -0.0579. The highest BCUT2D eigenvalue weighted by atomic mass is 79.9. The summed E-state index contributed by atoms with van der Waals surface area (Å²) in [7, 11) is 0. The first-order valence-electron chi connectivity index (χ1n) is 12.5. The molecule has 1 fully saturated rings. The highest BCUT2D eigenvalue weighted by molar-refractivity contribution is 9.10. The lowest BCUT2D eigenvalue weighted by Crippen LogP contribution is -2.50. The second kappa shape index (κ2) is 10.4. The van der Waals surface area contributed by atoms with Crippen LogP contribution in [-0.4, -0.2) is 65.1 Å². The Morgan fingerprint density at radius 1 is 1.14 bits per heavy atom. The summed E-state index contributed by atoms with van der Waals surface area (Å²) in [4.78, 5) is 32.4. The first kappa shape index (κ1) is 24.5. The Bertz CT molecular complexity index is 1220. The standard InChI is InChI=1S/C26H33BrN6OS/c1-4-31-10-9-18-21(16-31)35-25-23(18)24(29-22(30-25)15-17(2)3)32-11-13-33(14-12-32)26(34)28-20-8-6-5-7-19(20)27/h5-8,17H,4,9-16H2,1-3H3,(H,28,34). The molecular formula is C26H33BrN6OS. The molecule has 7 nitrogen and oxygen atoms in total.